The van der Waals surface area contributed by atoms with Crippen molar-refractivity contribution in [1.82, 2.24) is 15.0 Å². The Hall–Kier alpha value is -1.72. The monoisotopic (exact) mass is 267 g/mol. The molecule has 0 aliphatic rings. The van der Waals surface area contributed by atoms with Crippen molar-refractivity contribution in [3.05, 3.63) is 11.9 Å². The van der Waals surface area contributed by atoms with Crippen LogP contribution in [0, 0.1) is 0 Å². The van der Waals surface area contributed by atoms with E-state index in [0.717, 1.165) is 12.1 Å². The minimum absolute atomic E-state index is 0.220. The van der Waals surface area contributed by atoms with Crippen LogP contribution in [0.3, 0.4) is 0 Å². The average molecular weight is 267 g/mol. The number of hydrogen-bond acceptors (Lipinski definition) is 5. The first-order valence-electron chi connectivity index (χ1n) is 6.72. The van der Waals surface area contributed by atoms with Crippen LogP contribution in [0.15, 0.2) is 6.20 Å². The molecule has 0 saturated carbocycles. The number of Topliss-reactive ketones (excluding diaryl/α,β-unsaturated/α-hetero) is 1. The lowest BCUT2D eigenvalue weighted by atomic mass is 10.1. The highest BCUT2D eigenvalue weighted by molar-refractivity contribution is 5.78. The van der Waals surface area contributed by atoms with Crippen LogP contribution < -0.4 is 0 Å². The van der Waals surface area contributed by atoms with Crippen LogP contribution in [0.1, 0.15) is 45.2 Å². The molecule has 0 spiro atoms. The first kappa shape index (κ1) is 15.3. The first-order valence-corrected chi connectivity index (χ1v) is 6.72. The van der Waals surface area contributed by atoms with Crippen molar-refractivity contribution in [3.8, 4) is 0 Å². The lowest BCUT2D eigenvalue weighted by Gasteiger charge is -2.02. The molecule has 0 atom stereocenters. The van der Waals surface area contributed by atoms with Crippen LogP contribution in [-0.4, -0.2) is 33.4 Å². The van der Waals surface area contributed by atoms with Gasteiger partial charge in [-0.3, -0.25) is 14.3 Å². The molecule has 1 aromatic heterocycles. The number of nitrogens with zero attached hydrogens (tertiary/aromatic N) is 3. The fourth-order valence-electron chi connectivity index (χ4n) is 1.50. The van der Waals surface area contributed by atoms with Crippen molar-refractivity contribution in [2.75, 3.05) is 6.61 Å². The second-order valence-electron chi connectivity index (χ2n) is 4.34. The molecule has 0 aliphatic heterocycles. The summed E-state index contributed by atoms with van der Waals surface area (Å²) in [5.41, 5.74) is 0.781. The number of aryl methyl sites for hydroxylation is 2. The lowest BCUT2D eigenvalue weighted by molar-refractivity contribution is -0.144. The van der Waals surface area contributed by atoms with Gasteiger partial charge in [-0.05, 0) is 12.8 Å². The van der Waals surface area contributed by atoms with E-state index in [9.17, 15) is 9.59 Å². The molecule has 0 aromatic carbocycles. The molecular weight excluding hydrogens is 246 g/mol. The summed E-state index contributed by atoms with van der Waals surface area (Å²) in [7, 11) is 0. The summed E-state index contributed by atoms with van der Waals surface area (Å²) < 4.78 is 6.58. The SMILES string of the molecule is CCCOC(=O)CCn1cc(CCC(=O)CC)nn1. The normalized spacial score (nSPS) is 10.4. The Morgan fingerprint density at radius 3 is 2.79 bits per heavy atom. The van der Waals surface area contributed by atoms with Gasteiger partial charge in [-0.1, -0.05) is 19.1 Å². The summed E-state index contributed by atoms with van der Waals surface area (Å²) in [5.74, 6) is -0.00208. The molecule has 0 bridgehead atoms. The van der Waals surface area contributed by atoms with Gasteiger partial charge in [0.05, 0.1) is 25.3 Å². The smallest absolute Gasteiger partial charge is 0.307 e. The number of ether oxygens (including phenoxy) is 1. The molecule has 0 fully saturated rings. The number of ketones is 1. The van der Waals surface area contributed by atoms with E-state index < -0.39 is 0 Å². The fourth-order valence-corrected chi connectivity index (χ4v) is 1.50. The minimum Gasteiger partial charge on any atom is -0.466 e. The van der Waals surface area contributed by atoms with Crippen LogP contribution in [-0.2, 0) is 27.3 Å². The second-order valence-corrected chi connectivity index (χ2v) is 4.34. The number of aromatic nitrogens is 3. The van der Waals surface area contributed by atoms with E-state index in [0.29, 0.717) is 32.4 Å². The number of esters is 1. The zero-order valence-electron chi connectivity index (χ0n) is 11.6. The Labute approximate surface area is 113 Å². The molecule has 0 N–H and O–H groups in total. The van der Waals surface area contributed by atoms with Crippen LogP contribution >= 0.6 is 0 Å². The molecule has 6 nitrogen and oxygen atoms in total. The third kappa shape index (κ3) is 6.13. The quantitative estimate of drug-likeness (QED) is 0.634. The summed E-state index contributed by atoms with van der Waals surface area (Å²) in [5, 5.41) is 7.89. The molecule has 1 aromatic rings. The van der Waals surface area contributed by atoms with Gasteiger partial charge in [0.25, 0.3) is 0 Å². The number of hydrogen-bond donors (Lipinski definition) is 0. The first-order chi connectivity index (χ1) is 9.15. The summed E-state index contributed by atoms with van der Waals surface area (Å²) in [6.45, 7) is 4.72. The summed E-state index contributed by atoms with van der Waals surface area (Å²) in [6, 6.07) is 0. The van der Waals surface area contributed by atoms with Crippen molar-refractivity contribution in [1.29, 1.82) is 0 Å². The Kier molecular flexibility index (Phi) is 6.78. The highest BCUT2D eigenvalue weighted by atomic mass is 16.5. The van der Waals surface area contributed by atoms with Gasteiger partial charge in [-0.25, -0.2) is 0 Å². The Balaban J connectivity index is 2.30. The third-order valence-corrected chi connectivity index (χ3v) is 2.65. The molecule has 0 radical (unpaired) electrons. The van der Waals surface area contributed by atoms with Gasteiger partial charge < -0.3 is 4.74 Å². The van der Waals surface area contributed by atoms with E-state index in [1.54, 1.807) is 10.9 Å². The zero-order chi connectivity index (χ0) is 14.1. The van der Waals surface area contributed by atoms with Crippen molar-refractivity contribution < 1.29 is 14.3 Å². The number of carbonyl (C=O) groups is 2. The molecular formula is C13H21N3O3. The second kappa shape index (κ2) is 8.39. The molecule has 0 amide bonds. The van der Waals surface area contributed by atoms with Crippen molar-refractivity contribution in [3.63, 3.8) is 0 Å². The predicted molar refractivity (Wildman–Crippen MR) is 69.5 cm³/mol. The summed E-state index contributed by atoms with van der Waals surface area (Å²) >= 11 is 0. The van der Waals surface area contributed by atoms with Gasteiger partial charge in [-0.2, -0.15) is 0 Å². The highest BCUT2D eigenvalue weighted by Gasteiger charge is 2.06. The summed E-state index contributed by atoms with van der Waals surface area (Å²) in [4.78, 5) is 22.5. The van der Waals surface area contributed by atoms with E-state index in [2.05, 4.69) is 10.3 Å². The van der Waals surface area contributed by atoms with Crippen molar-refractivity contribution in [2.45, 2.75) is 52.5 Å². The van der Waals surface area contributed by atoms with E-state index in [-0.39, 0.29) is 18.2 Å². The van der Waals surface area contributed by atoms with E-state index in [4.69, 9.17) is 4.74 Å². The molecule has 6 heteroatoms. The molecule has 0 unspecified atom stereocenters. The van der Waals surface area contributed by atoms with Gasteiger partial charge in [-0.15, -0.1) is 5.10 Å². The number of rotatable bonds is 9. The van der Waals surface area contributed by atoms with Crippen molar-refractivity contribution in [2.24, 2.45) is 0 Å². The Morgan fingerprint density at radius 1 is 1.32 bits per heavy atom. The van der Waals surface area contributed by atoms with Gasteiger partial charge in [0.15, 0.2) is 0 Å². The Bertz CT molecular complexity index is 415. The van der Waals surface area contributed by atoms with E-state index in [1.807, 2.05) is 13.8 Å². The van der Waals surface area contributed by atoms with E-state index in [1.165, 1.54) is 0 Å². The third-order valence-electron chi connectivity index (χ3n) is 2.65. The minimum atomic E-state index is -0.222. The van der Waals surface area contributed by atoms with Gasteiger partial charge in [0.1, 0.15) is 5.78 Å². The molecule has 19 heavy (non-hydrogen) atoms. The average Bonchev–Trinajstić information content (AvgIpc) is 2.88. The molecule has 106 valence electrons. The van der Waals surface area contributed by atoms with Crippen LogP contribution in [0.5, 0.6) is 0 Å². The molecule has 1 heterocycles. The predicted octanol–water partition coefficient (Wildman–Crippen LogP) is 1.53. The maximum atomic E-state index is 11.3. The van der Waals surface area contributed by atoms with Gasteiger partial charge in [0, 0.05) is 19.0 Å². The fraction of sp³-hybridized carbons (Fsp3) is 0.692. The lowest BCUT2D eigenvalue weighted by Crippen LogP contribution is -2.10. The standard InChI is InChI=1S/C13H21N3O3/c1-3-9-19-13(18)7-8-16-10-11(14-15-16)5-6-12(17)4-2/h10H,3-9H2,1-2H3. The molecule has 0 aliphatic carbocycles. The van der Waals surface area contributed by atoms with Crippen molar-refractivity contribution >= 4 is 11.8 Å². The maximum Gasteiger partial charge on any atom is 0.307 e. The zero-order valence-corrected chi connectivity index (χ0v) is 11.6. The van der Waals surface area contributed by atoms with Crippen LogP contribution in [0.2, 0.25) is 0 Å². The van der Waals surface area contributed by atoms with Crippen LogP contribution in [0.4, 0.5) is 0 Å². The van der Waals surface area contributed by atoms with E-state index >= 15 is 0 Å². The number of carbonyl (C=O) groups excluding carboxylic acids is 2. The topological polar surface area (TPSA) is 74.1 Å². The highest BCUT2D eigenvalue weighted by Crippen LogP contribution is 2.01. The summed E-state index contributed by atoms with van der Waals surface area (Å²) in [6.07, 6.45) is 4.54. The van der Waals surface area contributed by atoms with Crippen LogP contribution in [0.25, 0.3) is 0 Å². The van der Waals surface area contributed by atoms with Gasteiger partial charge in [0.2, 0.25) is 0 Å². The largest absolute Gasteiger partial charge is 0.466 e. The molecule has 0 saturated heterocycles. The molecule has 1 rings (SSSR count). The van der Waals surface area contributed by atoms with Gasteiger partial charge >= 0.3 is 5.97 Å². The maximum absolute atomic E-state index is 11.3. The Morgan fingerprint density at radius 2 is 2.11 bits per heavy atom.